The van der Waals surface area contributed by atoms with Gasteiger partial charge in [0.05, 0.1) is 17.7 Å². The number of carbonyl (C=O) groups excluding carboxylic acids is 2. The van der Waals surface area contributed by atoms with Gasteiger partial charge in [-0.25, -0.2) is 0 Å². The van der Waals surface area contributed by atoms with Gasteiger partial charge in [0.15, 0.2) is 23.1 Å². The lowest BCUT2D eigenvalue weighted by Crippen LogP contribution is -2.45. The number of rotatable bonds is 9. The molecule has 0 spiro atoms. The molecule has 0 saturated carbocycles. The van der Waals surface area contributed by atoms with Crippen molar-refractivity contribution >= 4 is 38.3 Å². The van der Waals surface area contributed by atoms with Crippen molar-refractivity contribution in [3.05, 3.63) is 92.7 Å². The summed E-state index contributed by atoms with van der Waals surface area (Å²) in [5.74, 6) is 0.928. The molecule has 0 amide bonds. The summed E-state index contributed by atoms with van der Waals surface area (Å²) < 4.78 is 18.9. The van der Waals surface area contributed by atoms with E-state index in [-0.39, 0.29) is 22.4 Å². The van der Waals surface area contributed by atoms with Gasteiger partial charge in [0.25, 0.3) is 0 Å². The lowest BCUT2D eigenvalue weighted by Gasteiger charge is -2.49. The predicted molar refractivity (Wildman–Crippen MR) is 185 cm³/mol. The zero-order chi connectivity index (χ0) is 32.8. The van der Waals surface area contributed by atoms with Crippen molar-refractivity contribution in [2.24, 2.45) is 10.8 Å². The van der Waals surface area contributed by atoms with E-state index >= 15 is 0 Å². The van der Waals surface area contributed by atoms with Crippen LogP contribution >= 0.6 is 15.9 Å². The predicted octanol–water partition coefficient (Wildman–Crippen LogP) is 8.91. The molecule has 0 radical (unpaired) electrons. The molecule has 242 valence electrons. The van der Waals surface area contributed by atoms with Gasteiger partial charge in [-0.1, -0.05) is 70.2 Å². The van der Waals surface area contributed by atoms with E-state index in [4.69, 9.17) is 14.2 Å². The normalized spacial score (nSPS) is 19.4. The van der Waals surface area contributed by atoms with Gasteiger partial charge in [-0.15, -0.1) is 0 Å². The van der Waals surface area contributed by atoms with Crippen LogP contribution < -0.4 is 9.47 Å². The fraction of sp³-hybridized carbons (Fsp3) is 0.436. The Hall–Kier alpha value is -3.42. The van der Waals surface area contributed by atoms with Gasteiger partial charge in [0.2, 0.25) is 0 Å². The molecular formula is C39H44BrNO5. The van der Waals surface area contributed by atoms with Crippen LogP contribution in [0, 0.1) is 10.8 Å². The van der Waals surface area contributed by atoms with Crippen molar-refractivity contribution in [1.82, 2.24) is 4.90 Å². The van der Waals surface area contributed by atoms with Crippen LogP contribution in [0.4, 0.5) is 0 Å². The molecule has 0 atom stereocenters. The second-order valence-electron chi connectivity index (χ2n) is 14.4. The third-order valence-corrected chi connectivity index (χ3v) is 10.0. The van der Waals surface area contributed by atoms with Crippen LogP contribution in [0.2, 0.25) is 0 Å². The number of allylic oxidation sites excluding steroid dienone is 4. The van der Waals surface area contributed by atoms with Gasteiger partial charge in [-0.3, -0.25) is 9.59 Å². The summed E-state index contributed by atoms with van der Waals surface area (Å²) in [6.45, 7) is 12.5. The summed E-state index contributed by atoms with van der Waals surface area (Å²) in [6.07, 6.45) is 2.39. The van der Waals surface area contributed by atoms with E-state index in [1.54, 1.807) is 7.11 Å². The second kappa shape index (κ2) is 12.6. The SMILES string of the molecule is CCOc1cc(C2C3=C(CC(C)(C)CC3=O)N(CCOC)C3=C2C(=O)CC(C)(C)C3)cc(Br)c1OCc1cccc2ccccc12. The molecule has 7 heteroatoms. The molecule has 0 unspecified atom stereocenters. The van der Waals surface area contributed by atoms with Crippen LogP contribution in [0.3, 0.4) is 0 Å². The highest BCUT2D eigenvalue weighted by Gasteiger charge is 2.49. The van der Waals surface area contributed by atoms with Crippen LogP contribution in [0.25, 0.3) is 10.8 Å². The molecule has 0 bridgehead atoms. The number of methoxy groups -OCH3 is 1. The number of halogens is 1. The van der Waals surface area contributed by atoms with E-state index in [1.165, 1.54) is 0 Å². The van der Waals surface area contributed by atoms with Gasteiger partial charge < -0.3 is 19.1 Å². The number of hydrogen-bond donors (Lipinski definition) is 0. The Labute approximate surface area is 280 Å². The Morgan fingerprint density at radius 1 is 0.848 bits per heavy atom. The number of Topliss-reactive ketones (excluding diaryl/α,β-unsaturated/α-hetero) is 2. The van der Waals surface area contributed by atoms with Crippen molar-refractivity contribution in [1.29, 1.82) is 0 Å². The first kappa shape index (κ1) is 32.5. The van der Waals surface area contributed by atoms with E-state index in [9.17, 15) is 9.59 Å². The average molecular weight is 687 g/mol. The van der Waals surface area contributed by atoms with Crippen molar-refractivity contribution in [3.8, 4) is 11.5 Å². The molecule has 1 heterocycles. The van der Waals surface area contributed by atoms with Gasteiger partial charge in [0.1, 0.15) is 6.61 Å². The molecule has 0 saturated heterocycles. The Bertz CT molecular complexity index is 1710. The van der Waals surface area contributed by atoms with Crippen molar-refractivity contribution in [3.63, 3.8) is 0 Å². The van der Waals surface area contributed by atoms with Crippen LogP contribution in [0.1, 0.15) is 77.3 Å². The maximum Gasteiger partial charge on any atom is 0.175 e. The number of hydrogen-bond acceptors (Lipinski definition) is 6. The molecular weight excluding hydrogens is 642 g/mol. The zero-order valence-electron chi connectivity index (χ0n) is 27.8. The Morgan fingerprint density at radius 3 is 2.11 bits per heavy atom. The van der Waals surface area contributed by atoms with Gasteiger partial charge in [-0.2, -0.15) is 0 Å². The van der Waals surface area contributed by atoms with Crippen molar-refractivity contribution in [2.45, 2.75) is 72.8 Å². The highest BCUT2D eigenvalue weighted by atomic mass is 79.9. The molecule has 3 aromatic rings. The minimum Gasteiger partial charge on any atom is -0.490 e. The standard InChI is InChI=1S/C39H44BrNO5/c1-7-45-33-18-26(17-28(40)37(33)46-23-25-13-10-12-24-11-8-9-14-27(24)25)34-35-29(19-38(2,3)21-31(35)42)41(15-16-44-6)30-20-39(4,5)22-32(43)36(30)34/h8-14,17-18,34H,7,15-16,19-23H2,1-6H3. The Morgan fingerprint density at radius 2 is 1.48 bits per heavy atom. The maximum atomic E-state index is 14.2. The maximum absolute atomic E-state index is 14.2. The fourth-order valence-electron chi connectivity index (χ4n) is 7.56. The van der Waals surface area contributed by atoms with Crippen LogP contribution in [0.15, 0.2) is 81.6 Å². The molecule has 6 rings (SSSR count). The summed E-state index contributed by atoms with van der Waals surface area (Å²) in [4.78, 5) is 30.6. The van der Waals surface area contributed by atoms with Crippen molar-refractivity contribution < 1.29 is 23.8 Å². The average Bonchev–Trinajstić information content (AvgIpc) is 2.98. The Balaban J connectivity index is 1.48. The Kier molecular flexibility index (Phi) is 8.94. The minimum atomic E-state index is -0.474. The monoisotopic (exact) mass is 685 g/mol. The lowest BCUT2D eigenvalue weighted by molar-refractivity contribution is -0.119. The van der Waals surface area contributed by atoms with Crippen molar-refractivity contribution in [2.75, 3.05) is 26.9 Å². The number of carbonyl (C=O) groups is 2. The molecule has 0 fully saturated rings. The van der Waals surface area contributed by atoms with E-state index < -0.39 is 5.92 Å². The summed E-state index contributed by atoms with van der Waals surface area (Å²) in [5.41, 5.74) is 5.09. The first-order valence-electron chi connectivity index (χ1n) is 16.3. The first-order valence-corrected chi connectivity index (χ1v) is 17.1. The van der Waals surface area contributed by atoms with E-state index in [0.29, 0.717) is 50.7 Å². The molecule has 0 aromatic heterocycles. The zero-order valence-corrected chi connectivity index (χ0v) is 29.4. The molecule has 1 aliphatic heterocycles. The number of ether oxygens (including phenoxy) is 3. The second-order valence-corrected chi connectivity index (χ2v) is 15.2. The molecule has 46 heavy (non-hydrogen) atoms. The molecule has 3 aromatic carbocycles. The summed E-state index contributed by atoms with van der Waals surface area (Å²) >= 11 is 3.81. The van der Waals surface area contributed by atoms with Gasteiger partial charge in [0, 0.05) is 55.0 Å². The van der Waals surface area contributed by atoms with Gasteiger partial charge in [-0.05, 0) is 80.6 Å². The number of fused-ring (bicyclic) bond motifs is 1. The smallest absolute Gasteiger partial charge is 0.175 e. The molecule has 6 nitrogen and oxygen atoms in total. The minimum absolute atomic E-state index is 0.105. The number of ketones is 2. The molecule has 0 N–H and O–H groups in total. The van der Waals surface area contributed by atoms with Gasteiger partial charge >= 0.3 is 0 Å². The third kappa shape index (κ3) is 6.16. The van der Waals surface area contributed by atoms with Crippen LogP contribution in [-0.2, 0) is 20.9 Å². The van der Waals surface area contributed by atoms with Crippen LogP contribution in [-0.4, -0.2) is 43.3 Å². The first-order chi connectivity index (χ1) is 21.9. The quantitative estimate of drug-likeness (QED) is 0.224. The lowest BCUT2D eigenvalue weighted by atomic mass is 9.63. The fourth-order valence-corrected chi connectivity index (χ4v) is 8.13. The topological polar surface area (TPSA) is 65.1 Å². The van der Waals surface area contributed by atoms with Crippen LogP contribution in [0.5, 0.6) is 11.5 Å². The van der Waals surface area contributed by atoms with E-state index in [1.807, 2.05) is 37.3 Å². The molecule has 2 aliphatic carbocycles. The number of benzene rings is 3. The summed E-state index contributed by atoms with van der Waals surface area (Å²) in [5, 5.41) is 2.31. The summed E-state index contributed by atoms with van der Waals surface area (Å²) in [6, 6.07) is 18.5. The number of nitrogens with zero attached hydrogens (tertiary/aromatic N) is 1. The highest BCUT2D eigenvalue weighted by Crippen LogP contribution is 2.55. The largest absolute Gasteiger partial charge is 0.490 e. The molecule has 3 aliphatic rings. The highest BCUT2D eigenvalue weighted by molar-refractivity contribution is 9.10. The third-order valence-electron chi connectivity index (χ3n) is 9.46. The summed E-state index contributed by atoms with van der Waals surface area (Å²) in [7, 11) is 1.69. The van der Waals surface area contributed by atoms with E-state index in [0.717, 1.165) is 61.8 Å². The van der Waals surface area contributed by atoms with E-state index in [2.05, 4.69) is 72.8 Å².